The maximum Gasteiger partial charge on any atom is 0.291 e. The fraction of sp³-hybridized carbons (Fsp3) is 0.478. The van der Waals surface area contributed by atoms with Crippen molar-refractivity contribution in [1.29, 1.82) is 0 Å². The van der Waals surface area contributed by atoms with Gasteiger partial charge in [0.25, 0.3) is 11.8 Å². The number of ether oxygens (including phenoxy) is 2. The fourth-order valence-electron chi connectivity index (χ4n) is 3.44. The summed E-state index contributed by atoms with van der Waals surface area (Å²) in [5, 5.41) is 7.53. The number of carbonyl (C=O) groups excluding carboxylic acids is 1. The van der Waals surface area contributed by atoms with E-state index < -0.39 is 40.6 Å². The van der Waals surface area contributed by atoms with E-state index in [9.17, 15) is 22.2 Å². The van der Waals surface area contributed by atoms with Crippen molar-refractivity contribution in [2.24, 2.45) is 0 Å². The van der Waals surface area contributed by atoms with Crippen LogP contribution in [0.2, 0.25) is 5.02 Å². The second kappa shape index (κ2) is 11.7. The summed E-state index contributed by atoms with van der Waals surface area (Å²) in [4.78, 5) is 20.8. The molecule has 4 rings (SSSR count). The zero-order valence-electron chi connectivity index (χ0n) is 20.7. The van der Waals surface area contributed by atoms with E-state index in [0.29, 0.717) is 35.1 Å². The van der Waals surface area contributed by atoms with Crippen LogP contribution in [-0.4, -0.2) is 66.4 Å². The van der Waals surface area contributed by atoms with Gasteiger partial charge >= 0.3 is 0 Å². The van der Waals surface area contributed by atoms with Gasteiger partial charge in [-0.2, -0.15) is 4.98 Å². The molecular weight excluding hydrogens is 535 g/mol. The third-order valence-electron chi connectivity index (χ3n) is 5.45. The number of hydrogen-bond donors (Lipinski definition) is 1. The summed E-state index contributed by atoms with van der Waals surface area (Å²) in [7, 11) is 0.399. The molecule has 37 heavy (non-hydrogen) atoms. The second-order valence-corrected chi connectivity index (χ2v) is 11.0. The van der Waals surface area contributed by atoms with Crippen LogP contribution in [0, 0.1) is 12.7 Å². The lowest BCUT2D eigenvalue weighted by Gasteiger charge is -2.33. The average molecular weight is 562 g/mol. The largest absolute Gasteiger partial charge is 0.437 e. The quantitative estimate of drug-likeness (QED) is 0.477. The minimum Gasteiger partial charge on any atom is -0.437 e. The van der Waals surface area contributed by atoms with Crippen molar-refractivity contribution < 1.29 is 31.6 Å². The number of carbonyl (C=O) groups is 1. The molecule has 1 aliphatic heterocycles. The number of aromatic nitrogens is 4. The van der Waals surface area contributed by atoms with Crippen LogP contribution in [-0.2, 0) is 15.5 Å². The smallest absolute Gasteiger partial charge is 0.291 e. The van der Waals surface area contributed by atoms with Gasteiger partial charge < -0.3 is 14.8 Å². The Balaban J connectivity index is 0.000000479. The molecule has 0 bridgehead atoms. The van der Waals surface area contributed by atoms with Gasteiger partial charge in [-0.05, 0) is 32.8 Å². The molecule has 3 aromatic heterocycles. The highest BCUT2D eigenvalue weighted by molar-refractivity contribution is 7.85. The number of pyridine rings is 2. The van der Waals surface area contributed by atoms with Crippen molar-refractivity contribution in [3.05, 3.63) is 46.8 Å². The lowest BCUT2D eigenvalue weighted by Crippen LogP contribution is -2.50. The fourth-order valence-corrected chi connectivity index (χ4v) is 5.11. The molecule has 0 radical (unpaired) electrons. The Morgan fingerprint density at radius 2 is 2.00 bits per heavy atom. The summed E-state index contributed by atoms with van der Waals surface area (Å²) in [5.74, 6) is -2.52. The minimum atomic E-state index is -2.67. The molecule has 0 unspecified atom stereocenters. The van der Waals surface area contributed by atoms with E-state index in [1.54, 1.807) is 19.1 Å². The molecule has 9 nitrogen and oxygen atoms in total. The number of nitrogens with zero attached hydrogens (tertiary/aromatic N) is 4. The number of rotatable bonds is 6. The Kier molecular flexibility index (Phi) is 9.13. The second-order valence-electron chi connectivity index (χ2n) is 8.90. The van der Waals surface area contributed by atoms with E-state index in [0.717, 1.165) is 6.92 Å². The van der Waals surface area contributed by atoms with Crippen LogP contribution >= 0.6 is 11.6 Å². The summed E-state index contributed by atoms with van der Waals surface area (Å²) < 4.78 is 60.4. The van der Waals surface area contributed by atoms with E-state index in [1.807, 2.05) is 6.92 Å². The van der Waals surface area contributed by atoms with Crippen LogP contribution in [0.5, 0.6) is 11.6 Å². The maximum atomic E-state index is 14.6. The number of amides is 1. The van der Waals surface area contributed by atoms with Gasteiger partial charge in [-0.3, -0.25) is 9.00 Å². The first-order valence-electron chi connectivity index (χ1n) is 11.2. The van der Waals surface area contributed by atoms with Crippen LogP contribution in [0.25, 0.3) is 5.65 Å². The summed E-state index contributed by atoms with van der Waals surface area (Å²) in [5.41, 5.74) is -0.122. The van der Waals surface area contributed by atoms with Crippen molar-refractivity contribution in [2.75, 3.05) is 25.2 Å². The standard InChI is InChI=1S/C19H19ClFN5O3S.C4H8F2O/c1-11-14(29-15-4-3-12(20)10-22-15)9-13(21)17-23-16(25-26(11)17)18(27)24-19(2)5-7-30(28)8-6-19;1-4(5,6)3-7-2/h3-4,9-10H,5-8H2,1-2H3,(H,24,27);3H2,1-2H3. The third-order valence-corrected chi connectivity index (χ3v) is 6.99. The lowest BCUT2D eigenvalue weighted by atomic mass is 9.95. The molecule has 3 aromatic rings. The SMILES string of the molecule is COCC(C)(F)F.Cc1c(Oc2ccc(Cl)cn2)cc(F)c2nc(C(=O)NC3(C)CCS(=O)CC3)nn12. The van der Waals surface area contributed by atoms with Crippen LogP contribution in [0.4, 0.5) is 13.2 Å². The van der Waals surface area contributed by atoms with Crippen molar-refractivity contribution in [3.63, 3.8) is 0 Å². The predicted molar refractivity (Wildman–Crippen MR) is 132 cm³/mol. The number of fused-ring (bicyclic) bond motifs is 1. The summed E-state index contributed by atoms with van der Waals surface area (Å²) in [6.07, 6.45) is 2.61. The van der Waals surface area contributed by atoms with E-state index in [2.05, 4.69) is 25.1 Å². The highest BCUT2D eigenvalue weighted by Crippen LogP contribution is 2.27. The van der Waals surface area contributed by atoms with Gasteiger partial charge in [-0.25, -0.2) is 22.7 Å². The summed E-state index contributed by atoms with van der Waals surface area (Å²) in [6, 6.07) is 4.34. The highest BCUT2D eigenvalue weighted by atomic mass is 35.5. The molecule has 1 fully saturated rings. The number of methoxy groups -OCH3 is 1. The molecule has 1 N–H and O–H groups in total. The van der Waals surface area contributed by atoms with E-state index in [4.69, 9.17) is 16.3 Å². The molecule has 0 saturated carbocycles. The Morgan fingerprint density at radius 1 is 1.32 bits per heavy atom. The Bertz CT molecular complexity index is 1270. The van der Waals surface area contributed by atoms with Gasteiger partial charge in [0.15, 0.2) is 17.2 Å². The van der Waals surface area contributed by atoms with Gasteiger partial charge in [0, 0.05) is 60.2 Å². The monoisotopic (exact) mass is 561 g/mol. The van der Waals surface area contributed by atoms with Gasteiger partial charge in [0.05, 0.1) is 10.7 Å². The molecule has 1 amide bonds. The van der Waals surface area contributed by atoms with E-state index in [1.165, 1.54) is 23.9 Å². The van der Waals surface area contributed by atoms with E-state index in [-0.39, 0.29) is 23.1 Å². The number of nitrogens with one attached hydrogen (secondary N) is 1. The zero-order chi connectivity index (χ0) is 27.4. The molecule has 202 valence electrons. The first-order valence-corrected chi connectivity index (χ1v) is 13.1. The first kappa shape index (κ1) is 28.8. The van der Waals surface area contributed by atoms with Gasteiger partial charge in [0.1, 0.15) is 6.61 Å². The zero-order valence-corrected chi connectivity index (χ0v) is 22.3. The predicted octanol–water partition coefficient (Wildman–Crippen LogP) is 4.34. The summed E-state index contributed by atoms with van der Waals surface area (Å²) in [6.45, 7) is 3.89. The third kappa shape index (κ3) is 7.86. The minimum absolute atomic E-state index is 0.0797. The molecular formula is C23H27ClF3N5O4S. The van der Waals surface area contributed by atoms with Gasteiger partial charge in [0.2, 0.25) is 11.7 Å². The number of aryl methyl sites for hydroxylation is 1. The van der Waals surface area contributed by atoms with Crippen LogP contribution in [0.3, 0.4) is 0 Å². The van der Waals surface area contributed by atoms with Gasteiger partial charge in [-0.1, -0.05) is 11.6 Å². The number of halogens is 4. The van der Waals surface area contributed by atoms with Crippen molar-refractivity contribution in [1.82, 2.24) is 24.9 Å². The number of hydrogen-bond acceptors (Lipinski definition) is 7. The molecule has 0 aliphatic carbocycles. The molecule has 1 saturated heterocycles. The van der Waals surface area contributed by atoms with Crippen molar-refractivity contribution in [2.45, 2.75) is 45.1 Å². The molecule has 4 heterocycles. The Labute approximate surface area is 219 Å². The summed E-state index contributed by atoms with van der Waals surface area (Å²) >= 11 is 5.82. The molecule has 0 spiro atoms. The topological polar surface area (TPSA) is 108 Å². The highest BCUT2D eigenvalue weighted by Gasteiger charge is 2.32. The van der Waals surface area contributed by atoms with Crippen molar-refractivity contribution in [3.8, 4) is 11.6 Å². The van der Waals surface area contributed by atoms with Gasteiger partial charge in [-0.15, -0.1) is 5.10 Å². The lowest BCUT2D eigenvalue weighted by molar-refractivity contribution is -0.0479. The van der Waals surface area contributed by atoms with Crippen molar-refractivity contribution >= 4 is 34.0 Å². The average Bonchev–Trinajstić information content (AvgIpc) is 3.27. The normalized spacial score (nSPS) is 19.7. The molecule has 14 heteroatoms. The molecule has 1 aliphatic rings. The maximum absolute atomic E-state index is 14.6. The Hall–Kier alpha value is -2.77. The van der Waals surface area contributed by atoms with Crippen LogP contribution in [0.1, 0.15) is 43.0 Å². The van der Waals surface area contributed by atoms with Crippen LogP contribution < -0.4 is 10.1 Å². The molecule has 0 aromatic carbocycles. The Morgan fingerprint density at radius 3 is 2.54 bits per heavy atom. The molecule has 0 atom stereocenters. The van der Waals surface area contributed by atoms with Crippen LogP contribution in [0.15, 0.2) is 24.4 Å². The van der Waals surface area contributed by atoms with E-state index >= 15 is 0 Å². The number of alkyl halides is 2. The first-order chi connectivity index (χ1) is 17.3.